The molecular weight excluding hydrogens is 324 g/mol. The molecule has 1 aliphatic heterocycles. The Morgan fingerprint density at radius 1 is 1.00 bits per heavy atom. The minimum absolute atomic E-state index is 0.0293. The molecule has 9 nitrogen and oxygen atoms in total. The highest BCUT2D eigenvalue weighted by Gasteiger charge is 2.27. The number of hydrazone groups is 1. The van der Waals surface area contributed by atoms with Crippen LogP contribution in [0, 0.1) is 0 Å². The molecule has 0 unspecified atom stereocenters. The minimum atomic E-state index is -0.592. The highest BCUT2D eigenvalue weighted by molar-refractivity contribution is 6.13. The molecule has 25 heavy (non-hydrogen) atoms. The zero-order chi connectivity index (χ0) is 17.9. The van der Waals surface area contributed by atoms with Gasteiger partial charge in [-0.1, -0.05) is 18.2 Å². The van der Waals surface area contributed by atoms with Crippen molar-refractivity contribution in [1.29, 1.82) is 0 Å². The number of anilines is 1. The van der Waals surface area contributed by atoms with Gasteiger partial charge in [0.1, 0.15) is 0 Å². The van der Waals surface area contributed by atoms with Crippen LogP contribution in [0.5, 0.6) is 0 Å². The summed E-state index contributed by atoms with van der Waals surface area (Å²) in [7, 11) is 2.86. The maximum Gasteiger partial charge on any atom is 0.332 e. The van der Waals surface area contributed by atoms with Crippen LogP contribution in [-0.4, -0.2) is 30.3 Å². The number of imidazole rings is 1. The fourth-order valence-corrected chi connectivity index (χ4v) is 2.97. The molecule has 0 spiro atoms. The van der Waals surface area contributed by atoms with Crippen LogP contribution in [0.3, 0.4) is 0 Å². The molecule has 126 valence electrons. The zero-order valence-corrected chi connectivity index (χ0v) is 13.8. The third kappa shape index (κ3) is 1.92. The van der Waals surface area contributed by atoms with Gasteiger partial charge in [-0.2, -0.15) is 10.1 Å². The predicted molar refractivity (Wildman–Crippen MR) is 92.2 cm³/mol. The van der Waals surface area contributed by atoms with E-state index in [-0.39, 0.29) is 17.1 Å². The number of aryl methyl sites for hydroxylation is 1. The Kier molecular flexibility index (Phi) is 3.01. The Hall–Kier alpha value is -3.49. The second-order valence-electron chi connectivity index (χ2n) is 5.81. The molecule has 0 saturated heterocycles. The van der Waals surface area contributed by atoms with Gasteiger partial charge in [-0.05, 0) is 13.0 Å². The predicted octanol–water partition coefficient (Wildman–Crippen LogP) is 0.272. The van der Waals surface area contributed by atoms with E-state index in [9.17, 15) is 14.4 Å². The monoisotopic (exact) mass is 338 g/mol. The van der Waals surface area contributed by atoms with Gasteiger partial charge in [0.15, 0.2) is 11.2 Å². The fourth-order valence-electron chi connectivity index (χ4n) is 2.97. The van der Waals surface area contributed by atoms with Crippen molar-refractivity contribution in [2.45, 2.75) is 6.92 Å². The Balaban J connectivity index is 2.19. The van der Waals surface area contributed by atoms with Crippen LogP contribution in [0.25, 0.3) is 11.2 Å². The van der Waals surface area contributed by atoms with Gasteiger partial charge in [0.25, 0.3) is 11.5 Å². The molecule has 9 heteroatoms. The lowest BCUT2D eigenvalue weighted by molar-refractivity contribution is 0.0966. The molecule has 2 aromatic heterocycles. The Morgan fingerprint density at radius 3 is 2.40 bits per heavy atom. The summed E-state index contributed by atoms with van der Waals surface area (Å²) in [6, 6.07) is 7.00. The topological polar surface area (TPSA) is 103 Å². The maximum atomic E-state index is 13.2. The van der Waals surface area contributed by atoms with Crippen molar-refractivity contribution in [1.82, 2.24) is 18.7 Å². The molecule has 3 aromatic rings. The number of aromatic nitrogens is 4. The lowest BCUT2D eigenvalue weighted by atomic mass is 10.0. The summed E-state index contributed by atoms with van der Waals surface area (Å²) in [5.41, 5.74) is 3.45. The van der Waals surface area contributed by atoms with Gasteiger partial charge >= 0.3 is 5.69 Å². The lowest BCUT2D eigenvalue weighted by Gasteiger charge is -2.14. The van der Waals surface area contributed by atoms with E-state index in [4.69, 9.17) is 0 Å². The third-order valence-corrected chi connectivity index (χ3v) is 4.33. The van der Waals surface area contributed by atoms with Gasteiger partial charge in [-0.25, -0.2) is 14.8 Å². The molecule has 4 rings (SSSR count). The number of carbonyl (C=O) groups excluding carboxylic acids is 1. The van der Waals surface area contributed by atoms with E-state index in [1.165, 1.54) is 23.2 Å². The number of carbonyl (C=O) groups is 1. The summed E-state index contributed by atoms with van der Waals surface area (Å²) in [6.45, 7) is 1.77. The first kappa shape index (κ1) is 15.1. The molecule has 3 heterocycles. The normalized spacial score (nSPS) is 15.6. The minimum Gasteiger partial charge on any atom is -0.279 e. The molecule has 0 aliphatic carbocycles. The summed E-state index contributed by atoms with van der Waals surface area (Å²) in [5.74, 6) is -0.322. The molecule has 0 bridgehead atoms. The first-order chi connectivity index (χ1) is 11.9. The van der Waals surface area contributed by atoms with E-state index in [2.05, 4.69) is 15.5 Å². The standard InChI is InChI=1S/C16H14N6O3/c1-8-9-6-4-5-7-10(9)13(23)22-11-12(17-15(22)19-18-8)20(2)16(25)21(3)14(11)24/h4-7H,1-3H3,(H,17,19)/b18-8-. The molecule has 0 saturated carbocycles. The number of nitrogens with zero attached hydrogens (tertiary/aromatic N) is 5. The SMILES string of the molecule is C/C1=N/Nc2nc3c(c(=O)n(C)c(=O)n3C)n2C(=O)c2ccccc21. The van der Waals surface area contributed by atoms with Crippen LogP contribution in [0.4, 0.5) is 5.95 Å². The van der Waals surface area contributed by atoms with Gasteiger partial charge in [-0.3, -0.25) is 18.7 Å². The van der Waals surface area contributed by atoms with Crippen LogP contribution in [0.15, 0.2) is 39.0 Å². The van der Waals surface area contributed by atoms with Gasteiger partial charge in [0.2, 0.25) is 5.95 Å². The third-order valence-electron chi connectivity index (χ3n) is 4.33. The number of rotatable bonds is 0. The van der Waals surface area contributed by atoms with Crippen LogP contribution >= 0.6 is 0 Å². The molecule has 1 aliphatic rings. The Labute approximate surface area is 140 Å². The molecule has 1 aromatic carbocycles. The largest absolute Gasteiger partial charge is 0.332 e. The summed E-state index contributed by atoms with van der Waals surface area (Å²) in [6.07, 6.45) is 0. The quantitative estimate of drug-likeness (QED) is 0.634. The van der Waals surface area contributed by atoms with Crippen molar-refractivity contribution < 1.29 is 4.79 Å². The fraction of sp³-hybridized carbons (Fsp3) is 0.188. The molecule has 1 N–H and O–H groups in total. The summed E-state index contributed by atoms with van der Waals surface area (Å²) >= 11 is 0. The van der Waals surface area contributed by atoms with Gasteiger partial charge in [0.05, 0.1) is 5.71 Å². The van der Waals surface area contributed by atoms with Crippen molar-refractivity contribution in [2.75, 3.05) is 5.43 Å². The first-order valence-corrected chi connectivity index (χ1v) is 7.54. The molecular formula is C16H14N6O3. The van der Waals surface area contributed by atoms with Gasteiger partial charge in [0, 0.05) is 25.2 Å². The van der Waals surface area contributed by atoms with E-state index in [1.807, 2.05) is 6.07 Å². The maximum absolute atomic E-state index is 13.2. The number of nitrogens with one attached hydrogen (secondary N) is 1. The molecule has 0 radical (unpaired) electrons. The summed E-state index contributed by atoms with van der Waals surface area (Å²) < 4.78 is 3.35. The molecule has 0 fully saturated rings. The second-order valence-corrected chi connectivity index (χ2v) is 5.81. The van der Waals surface area contributed by atoms with Crippen molar-refractivity contribution >= 4 is 28.7 Å². The number of hydrogen-bond donors (Lipinski definition) is 1. The van der Waals surface area contributed by atoms with Crippen molar-refractivity contribution in [3.05, 3.63) is 56.2 Å². The smallest absolute Gasteiger partial charge is 0.279 e. The zero-order valence-electron chi connectivity index (χ0n) is 13.8. The van der Waals surface area contributed by atoms with E-state index < -0.39 is 17.2 Å². The second kappa shape index (κ2) is 5.00. The summed E-state index contributed by atoms with van der Waals surface area (Å²) in [4.78, 5) is 42.2. The summed E-state index contributed by atoms with van der Waals surface area (Å²) in [5, 5.41) is 4.24. The van der Waals surface area contributed by atoms with E-state index >= 15 is 0 Å². The van der Waals surface area contributed by atoms with Crippen molar-refractivity contribution in [3.63, 3.8) is 0 Å². The van der Waals surface area contributed by atoms with Crippen LogP contribution in [0.2, 0.25) is 0 Å². The van der Waals surface area contributed by atoms with Crippen molar-refractivity contribution in [3.8, 4) is 0 Å². The van der Waals surface area contributed by atoms with Gasteiger partial charge < -0.3 is 0 Å². The highest BCUT2D eigenvalue weighted by Crippen LogP contribution is 2.22. The molecule has 0 atom stereocenters. The first-order valence-electron chi connectivity index (χ1n) is 7.54. The van der Waals surface area contributed by atoms with E-state index in [0.29, 0.717) is 16.8 Å². The lowest BCUT2D eigenvalue weighted by Crippen LogP contribution is -2.38. The van der Waals surface area contributed by atoms with Crippen molar-refractivity contribution in [2.24, 2.45) is 19.2 Å². The highest BCUT2D eigenvalue weighted by atomic mass is 16.2. The van der Waals surface area contributed by atoms with Gasteiger partial charge in [-0.15, -0.1) is 0 Å². The molecule has 0 amide bonds. The number of fused-ring (bicyclic) bond motifs is 4. The average molecular weight is 338 g/mol. The van der Waals surface area contributed by atoms with Crippen LogP contribution in [0.1, 0.15) is 22.8 Å². The van der Waals surface area contributed by atoms with E-state index in [0.717, 1.165) is 4.57 Å². The Bertz CT molecular complexity index is 1210. The van der Waals surface area contributed by atoms with Crippen LogP contribution < -0.4 is 16.7 Å². The van der Waals surface area contributed by atoms with E-state index in [1.54, 1.807) is 25.1 Å². The number of hydrogen-bond acceptors (Lipinski definition) is 6. The Morgan fingerprint density at radius 2 is 1.68 bits per heavy atom. The number of benzene rings is 1. The average Bonchev–Trinajstić information content (AvgIpc) is 3.00. The van der Waals surface area contributed by atoms with Crippen LogP contribution in [-0.2, 0) is 14.1 Å².